The number of amides is 1. The van der Waals surface area contributed by atoms with E-state index >= 15 is 0 Å². The third kappa shape index (κ3) is 3.49. The zero-order valence-corrected chi connectivity index (χ0v) is 12.8. The highest BCUT2D eigenvalue weighted by atomic mass is 16.5. The molecule has 0 aromatic heterocycles. The number of aryl methyl sites for hydroxylation is 1. The fraction of sp³-hybridized carbons (Fsp3) is 0.235. The molecule has 2 aromatic rings. The smallest absolute Gasteiger partial charge is 0.255 e. The molecule has 0 spiro atoms. The zero-order chi connectivity index (χ0) is 16.1. The Morgan fingerprint density at radius 1 is 1.14 bits per heavy atom. The van der Waals surface area contributed by atoms with Crippen LogP contribution in [0, 0.1) is 6.92 Å². The molecule has 5 heteroatoms. The van der Waals surface area contributed by atoms with Crippen LogP contribution in [0.15, 0.2) is 36.4 Å². The van der Waals surface area contributed by atoms with Crippen molar-refractivity contribution in [1.29, 1.82) is 0 Å². The molecule has 1 amide bonds. The van der Waals surface area contributed by atoms with Crippen molar-refractivity contribution in [2.45, 2.75) is 13.5 Å². The number of hydrogen-bond acceptors (Lipinski definition) is 4. The van der Waals surface area contributed by atoms with E-state index in [0.29, 0.717) is 11.5 Å². The minimum Gasteiger partial charge on any atom is -0.507 e. The number of rotatable bonds is 5. The van der Waals surface area contributed by atoms with Crippen molar-refractivity contribution in [1.82, 2.24) is 5.32 Å². The zero-order valence-electron chi connectivity index (χ0n) is 12.8. The van der Waals surface area contributed by atoms with Crippen LogP contribution in [0.1, 0.15) is 21.5 Å². The fourth-order valence-corrected chi connectivity index (χ4v) is 2.12. The summed E-state index contributed by atoms with van der Waals surface area (Å²) in [7, 11) is 3.15. The number of benzene rings is 2. The number of ether oxygens (including phenoxy) is 2. The van der Waals surface area contributed by atoms with E-state index in [1.807, 2.05) is 6.92 Å². The quantitative estimate of drug-likeness (QED) is 0.891. The average molecular weight is 301 g/mol. The highest BCUT2D eigenvalue weighted by molar-refractivity contribution is 5.96. The number of methoxy groups -OCH3 is 2. The molecule has 0 fully saturated rings. The summed E-state index contributed by atoms with van der Waals surface area (Å²) in [6.07, 6.45) is 0. The van der Waals surface area contributed by atoms with E-state index in [1.54, 1.807) is 50.6 Å². The summed E-state index contributed by atoms with van der Waals surface area (Å²) in [5.41, 5.74) is 1.93. The van der Waals surface area contributed by atoms with Crippen LogP contribution in [-0.4, -0.2) is 25.2 Å². The van der Waals surface area contributed by atoms with Gasteiger partial charge in [0.15, 0.2) is 0 Å². The summed E-state index contributed by atoms with van der Waals surface area (Å²) in [6, 6.07) is 10.3. The monoisotopic (exact) mass is 301 g/mol. The third-order valence-electron chi connectivity index (χ3n) is 3.32. The largest absolute Gasteiger partial charge is 0.507 e. The molecule has 2 N–H and O–H groups in total. The molecule has 0 heterocycles. The van der Waals surface area contributed by atoms with Crippen molar-refractivity contribution < 1.29 is 19.4 Å². The lowest BCUT2D eigenvalue weighted by molar-refractivity contribution is 0.0948. The molecular weight excluding hydrogens is 282 g/mol. The highest BCUT2D eigenvalue weighted by Crippen LogP contribution is 2.24. The second kappa shape index (κ2) is 6.85. The summed E-state index contributed by atoms with van der Waals surface area (Å²) >= 11 is 0. The molecule has 0 bridgehead atoms. The molecule has 0 unspecified atom stereocenters. The number of phenols is 1. The minimum absolute atomic E-state index is 0.0323. The van der Waals surface area contributed by atoms with Gasteiger partial charge in [-0.15, -0.1) is 0 Å². The Hall–Kier alpha value is -2.69. The van der Waals surface area contributed by atoms with Crippen molar-refractivity contribution in [3.8, 4) is 17.2 Å². The molecule has 0 atom stereocenters. The SMILES string of the molecule is COc1ccc(OC)c(CNC(=O)c2ccc(C)cc2O)c1. The van der Waals surface area contributed by atoms with E-state index in [-0.39, 0.29) is 23.8 Å². The molecule has 0 radical (unpaired) electrons. The number of carbonyl (C=O) groups excluding carboxylic acids is 1. The minimum atomic E-state index is -0.345. The normalized spacial score (nSPS) is 10.1. The maximum Gasteiger partial charge on any atom is 0.255 e. The Balaban J connectivity index is 2.13. The highest BCUT2D eigenvalue weighted by Gasteiger charge is 2.12. The lowest BCUT2D eigenvalue weighted by Gasteiger charge is -2.12. The van der Waals surface area contributed by atoms with Crippen LogP contribution >= 0.6 is 0 Å². The lowest BCUT2D eigenvalue weighted by Crippen LogP contribution is -2.23. The molecule has 0 aliphatic heterocycles. The maximum absolute atomic E-state index is 12.2. The predicted octanol–water partition coefficient (Wildman–Crippen LogP) is 2.65. The van der Waals surface area contributed by atoms with Crippen molar-refractivity contribution in [2.75, 3.05) is 14.2 Å². The van der Waals surface area contributed by atoms with Crippen molar-refractivity contribution in [2.24, 2.45) is 0 Å². The van der Waals surface area contributed by atoms with Crippen molar-refractivity contribution in [3.05, 3.63) is 53.1 Å². The van der Waals surface area contributed by atoms with Gasteiger partial charge in [0.25, 0.3) is 5.91 Å². The number of aromatic hydroxyl groups is 1. The van der Waals surface area contributed by atoms with Crippen LogP contribution < -0.4 is 14.8 Å². The van der Waals surface area contributed by atoms with Crippen LogP contribution in [0.25, 0.3) is 0 Å². The first-order chi connectivity index (χ1) is 10.5. The van der Waals surface area contributed by atoms with Crippen LogP contribution in [0.5, 0.6) is 17.2 Å². The van der Waals surface area contributed by atoms with Gasteiger partial charge in [-0.1, -0.05) is 6.07 Å². The number of nitrogens with one attached hydrogen (secondary N) is 1. The first-order valence-electron chi connectivity index (χ1n) is 6.84. The summed E-state index contributed by atoms with van der Waals surface area (Å²) in [5, 5.41) is 12.6. The topological polar surface area (TPSA) is 67.8 Å². The van der Waals surface area contributed by atoms with Crippen molar-refractivity contribution in [3.63, 3.8) is 0 Å². The van der Waals surface area contributed by atoms with Gasteiger partial charge < -0.3 is 19.9 Å². The van der Waals surface area contributed by atoms with Gasteiger partial charge in [0.1, 0.15) is 17.2 Å². The Kier molecular flexibility index (Phi) is 4.88. The summed E-state index contributed by atoms with van der Waals surface area (Å²) in [5.74, 6) is 0.968. The van der Waals surface area contributed by atoms with Gasteiger partial charge in [0, 0.05) is 12.1 Å². The molecule has 0 aliphatic carbocycles. The van der Waals surface area contributed by atoms with E-state index < -0.39 is 0 Å². The Bertz CT molecular complexity index is 682. The van der Waals surface area contributed by atoms with E-state index in [9.17, 15) is 9.90 Å². The molecule has 2 aromatic carbocycles. The fourth-order valence-electron chi connectivity index (χ4n) is 2.12. The molecule has 0 saturated heterocycles. The maximum atomic E-state index is 12.2. The first kappa shape index (κ1) is 15.7. The van der Waals surface area contributed by atoms with E-state index in [0.717, 1.165) is 11.1 Å². The van der Waals surface area contributed by atoms with Gasteiger partial charge in [-0.25, -0.2) is 0 Å². The van der Waals surface area contributed by atoms with Gasteiger partial charge in [-0.2, -0.15) is 0 Å². The van der Waals surface area contributed by atoms with Gasteiger partial charge in [-0.3, -0.25) is 4.79 Å². The first-order valence-corrected chi connectivity index (χ1v) is 6.84. The summed E-state index contributed by atoms with van der Waals surface area (Å²) < 4.78 is 10.4. The molecule has 22 heavy (non-hydrogen) atoms. The third-order valence-corrected chi connectivity index (χ3v) is 3.32. The van der Waals surface area contributed by atoms with E-state index in [2.05, 4.69) is 5.32 Å². The molecule has 0 saturated carbocycles. The van der Waals surface area contributed by atoms with Crippen LogP contribution in [0.4, 0.5) is 0 Å². The standard InChI is InChI=1S/C17H19NO4/c1-11-4-6-14(15(19)8-11)17(20)18-10-12-9-13(21-2)5-7-16(12)22-3/h4-9,19H,10H2,1-3H3,(H,18,20). The second-order valence-corrected chi connectivity index (χ2v) is 4.88. The Morgan fingerprint density at radius 3 is 2.55 bits per heavy atom. The van der Waals surface area contributed by atoms with E-state index in [1.165, 1.54) is 0 Å². The Labute approximate surface area is 129 Å². The van der Waals surface area contributed by atoms with Gasteiger partial charge in [0.2, 0.25) is 0 Å². The summed E-state index contributed by atoms with van der Waals surface area (Å²) in [6.45, 7) is 2.12. The predicted molar refractivity (Wildman–Crippen MR) is 83.6 cm³/mol. The van der Waals surface area contributed by atoms with Gasteiger partial charge >= 0.3 is 0 Å². The number of hydrogen-bond donors (Lipinski definition) is 2. The van der Waals surface area contributed by atoms with Crippen LogP contribution in [0.2, 0.25) is 0 Å². The molecule has 2 rings (SSSR count). The molecule has 0 aliphatic rings. The second-order valence-electron chi connectivity index (χ2n) is 4.88. The number of carbonyl (C=O) groups is 1. The van der Waals surface area contributed by atoms with Gasteiger partial charge in [0.05, 0.1) is 19.8 Å². The summed E-state index contributed by atoms with van der Waals surface area (Å²) in [4.78, 5) is 12.2. The molecular formula is C17H19NO4. The number of phenolic OH excluding ortho intramolecular Hbond substituents is 1. The van der Waals surface area contributed by atoms with Crippen molar-refractivity contribution >= 4 is 5.91 Å². The van der Waals surface area contributed by atoms with Crippen LogP contribution in [0.3, 0.4) is 0 Å². The molecule has 5 nitrogen and oxygen atoms in total. The van der Waals surface area contributed by atoms with Crippen LogP contribution in [-0.2, 0) is 6.54 Å². The van der Waals surface area contributed by atoms with E-state index in [4.69, 9.17) is 9.47 Å². The Morgan fingerprint density at radius 2 is 1.91 bits per heavy atom. The molecule has 116 valence electrons. The average Bonchev–Trinajstić information content (AvgIpc) is 2.52. The lowest BCUT2D eigenvalue weighted by atomic mass is 10.1. The van der Waals surface area contributed by atoms with Gasteiger partial charge in [-0.05, 0) is 42.8 Å².